The summed E-state index contributed by atoms with van der Waals surface area (Å²) in [5, 5.41) is 0.671. The Kier molecular flexibility index (Phi) is 6.08. The average Bonchev–Trinajstić information content (AvgIpc) is 2.95. The highest BCUT2D eigenvalue weighted by molar-refractivity contribution is 6.33. The molecule has 4 heteroatoms. The fraction of sp³-hybridized carbons (Fsp3) is 0.280. The third kappa shape index (κ3) is 4.12. The van der Waals surface area contributed by atoms with Crippen LogP contribution in [0.1, 0.15) is 28.2 Å². The summed E-state index contributed by atoms with van der Waals surface area (Å²) < 4.78 is 11.2. The molecule has 1 aliphatic heterocycles. The van der Waals surface area contributed by atoms with E-state index in [1.54, 1.807) is 14.2 Å². The molecule has 0 saturated heterocycles. The molecule has 0 N–H and O–H groups in total. The fourth-order valence-corrected chi connectivity index (χ4v) is 4.62. The molecule has 0 amide bonds. The molecule has 0 aliphatic carbocycles. The van der Waals surface area contributed by atoms with E-state index in [1.165, 1.54) is 16.7 Å². The van der Waals surface area contributed by atoms with Gasteiger partial charge in [0.15, 0.2) is 11.5 Å². The molecule has 1 aliphatic rings. The number of hydrogen-bond donors (Lipinski definition) is 0. The van der Waals surface area contributed by atoms with Gasteiger partial charge in [-0.25, -0.2) is 0 Å². The van der Waals surface area contributed by atoms with E-state index in [1.807, 2.05) is 0 Å². The number of hydrogen-bond acceptors (Lipinski definition) is 3. The lowest BCUT2D eigenvalue weighted by molar-refractivity contribution is 0.268. The van der Waals surface area contributed by atoms with E-state index < -0.39 is 0 Å². The molecule has 1 heterocycles. The Hall–Kier alpha value is -2.49. The number of ether oxygens (including phenoxy) is 2. The van der Waals surface area contributed by atoms with Crippen LogP contribution in [0.15, 0.2) is 66.7 Å². The maximum atomic E-state index is 6.82. The SMILES string of the molecule is COc1cc2c(c(Cl)c1OC)CCN(Cc1ccccc1)CC2c1ccccc1. The number of fused-ring (bicyclic) bond motifs is 1. The number of halogens is 1. The Labute approximate surface area is 177 Å². The summed E-state index contributed by atoms with van der Waals surface area (Å²) in [5.41, 5.74) is 5.01. The van der Waals surface area contributed by atoms with Gasteiger partial charge in [0.2, 0.25) is 0 Å². The minimum Gasteiger partial charge on any atom is -0.493 e. The summed E-state index contributed by atoms with van der Waals surface area (Å²) in [7, 11) is 3.31. The van der Waals surface area contributed by atoms with Crippen molar-refractivity contribution in [3.05, 3.63) is 94.0 Å². The molecule has 3 aromatic carbocycles. The van der Waals surface area contributed by atoms with Crippen molar-refractivity contribution < 1.29 is 9.47 Å². The molecule has 29 heavy (non-hydrogen) atoms. The Bertz CT molecular complexity index is 960. The topological polar surface area (TPSA) is 21.7 Å². The fourth-order valence-electron chi connectivity index (χ4n) is 4.25. The predicted octanol–water partition coefficient (Wildman–Crippen LogP) is 5.55. The number of methoxy groups -OCH3 is 2. The van der Waals surface area contributed by atoms with Crippen LogP contribution >= 0.6 is 11.6 Å². The zero-order chi connectivity index (χ0) is 20.2. The first-order valence-electron chi connectivity index (χ1n) is 9.95. The summed E-state index contributed by atoms with van der Waals surface area (Å²) in [6.07, 6.45) is 0.880. The summed E-state index contributed by atoms with van der Waals surface area (Å²) >= 11 is 6.82. The first-order valence-corrected chi connectivity index (χ1v) is 10.3. The van der Waals surface area contributed by atoms with Crippen molar-refractivity contribution in [1.82, 2.24) is 4.90 Å². The summed E-state index contributed by atoms with van der Waals surface area (Å²) in [6, 6.07) is 23.4. The number of rotatable bonds is 5. The maximum absolute atomic E-state index is 6.82. The van der Waals surface area contributed by atoms with Gasteiger partial charge in [0.1, 0.15) is 0 Å². The second-order valence-corrected chi connectivity index (χ2v) is 7.81. The first-order chi connectivity index (χ1) is 14.2. The zero-order valence-corrected chi connectivity index (χ0v) is 17.7. The first kappa shape index (κ1) is 19.8. The van der Waals surface area contributed by atoms with Crippen LogP contribution in [-0.2, 0) is 13.0 Å². The van der Waals surface area contributed by atoms with E-state index in [0.717, 1.165) is 31.6 Å². The molecule has 0 aromatic heterocycles. The van der Waals surface area contributed by atoms with E-state index in [-0.39, 0.29) is 5.92 Å². The Morgan fingerprint density at radius 1 is 0.966 bits per heavy atom. The molecule has 0 fully saturated rings. The monoisotopic (exact) mass is 407 g/mol. The van der Waals surface area contributed by atoms with Crippen LogP contribution in [0, 0.1) is 0 Å². The minimum absolute atomic E-state index is 0.217. The predicted molar refractivity (Wildman–Crippen MR) is 118 cm³/mol. The van der Waals surface area contributed by atoms with Gasteiger partial charge in [0.25, 0.3) is 0 Å². The molecule has 3 nitrogen and oxygen atoms in total. The van der Waals surface area contributed by atoms with Crippen LogP contribution < -0.4 is 9.47 Å². The van der Waals surface area contributed by atoms with E-state index in [9.17, 15) is 0 Å². The van der Waals surface area contributed by atoms with E-state index in [4.69, 9.17) is 21.1 Å². The van der Waals surface area contributed by atoms with Gasteiger partial charge in [-0.3, -0.25) is 4.90 Å². The maximum Gasteiger partial charge on any atom is 0.179 e. The van der Waals surface area contributed by atoms with Crippen molar-refractivity contribution in [2.24, 2.45) is 0 Å². The van der Waals surface area contributed by atoms with Gasteiger partial charge < -0.3 is 9.47 Å². The molecule has 3 aromatic rings. The highest BCUT2D eigenvalue weighted by Gasteiger charge is 2.29. The zero-order valence-electron chi connectivity index (χ0n) is 16.9. The van der Waals surface area contributed by atoms with Crippen molar-refractivity contribution in [3.8, 4) is 11.5 Å². The standard InChI is InChI=1S/C25H26ClNO2/c1-28-23-15-21-20(24(26)25(23)29-2)13-14-27(16-18-9-5-3-6-10-18)17-22(21)19-11-7-4-8-12-19/h3-12,15,22H,13-14,16-17H2,1-2H3. The molecular weight excluding hydrogens is 382 g/mol. The van der Waals surface area contributed by atoms with Gasteiger partial charge in [-0.2, -0.15) is 0 Å². The second kappa shape index (κ2) is 8.89. The lowest BCUT2D eigenvalue weighted by atomic mass is 9.87. The van der Waals surface area contributed by atoms with Crippen molar-refractivity contribution in [2.75, 3.05) is 27.3 Å². The smallest absolute Gasteiger partial charge is 0.179 e. The average molecular weight is 408 g/mol. The van der Waals surface area contributed by atoms with Crippen LogP contribution in [-0.4, -0.2) is 32.2 Å². The van der Waals surface area contributed by atoms with Crippen molar-refractivity contribution >= 4 is 11.6 Å². The molecule has 1 unspecified atom stereocenters. The Morgan fingerprint density at radius 2 is 1.66 bits per heavy atom. The molecule has 0 radical (unpaired) electrons. The molecular formula is C25H26ClNO2. The second-order valence-electron chi connectivity index (χ2n) is 7.43. The largest absolute Gasteiger partial charge is 0.493 e. The van der Waals surface area contributed by atoms with Gasteiger partial charge in [-0.05, 0) is 34.7 Å². The third-order valence-electron chi connectivity index (χ3n) is 5.69. The van der Waals surface area contributed by atoms with Crippen molar-refractivity contribution in [1.29, 1.82) is 0 Å². The molecule has 1 atom stereocenters. The Balaban J connectivity index is 1.78. The Morgan fingerprint density at radius 3 is 2.31 bits per heavy atom. The quantitative estimate of drug-likeness (QED) is 0.553. The summed E-state index contributed by atoms with van der Waals surface area (Å²) in [5.74, 6) is 1.53. The van der Waals surface area contributed by atoms with Crippen LogP contribution in [0.3, 0.4) is 0 Å². The lowest BCUT2D eigenvalue weighted by Crippen LogP contribution is -2.28. The highest BCUT2D eigenvalue weighted by Crippen LogP contribution is 2.44. The van der Waals surface area contributed by atoms with Gasteiger partial charge in [-0.1, -0.05) is 72.3 Å². The van der Waals surface area contributed by atoms with Crippen LogP contribution in [0.5, 0.6) is 11.5 Å². The summed E-state index contributed by atoms with van der Waals surface area (Å²) in [4.78, 5) is 2.52. The number of benzene rings is 3. The van der Waals surface area contributed by atoms with Crippen LogP contribution in [0.4, 0.5) is 0 Å². The normalized spacial score (nSPS) is 16.7. The van der Waals surface area contributed by atoms with Gasteiger partial charge in [0, 0.05) is 25.6 Å². The van der Waals surface area contributed by atoms with Gasteiger partial charge >= 0.3 is 0 Å². The number of nitrogens with zero attached hydrogens (tertiary/aromatic N) is 1. The molecule has 0 bridgehead atoms. The summed E-state index contributed by atoms with van der Waals surface area (Å²) in [6.45, 7) is 2.79. The molecule has 0 spiro atoms. The molecule has 0 saturated carbocycles. The third-order valence-corrected chi connectivity index (χ3v) is 6.09. The molecule has 4 rings (SSSR count). The minimum atomic E-state index is 0.217. The highest BCUT2D eigenvalue weighted by atomic mass is 35.5. The van der Waals surface area contributed by atoms with E-state index in [2.05, 4.69) is 71.6 Å². The molecule has 150 valence electrons. The van der Waals surface area contributed by atoms with Gasteiger partial charge in [-0.15, -0.1) is 0 Å². The van der Waals surface area contributed by atoms with Crippen molar-refractivity contribution in [2.45, 2.75) is 18.9 Å². The van der Waals surface area contributed by atoms with Gasteiger partial charge in [0.05, 0.1) is 19.2 Å². The lowest BCUT2D eigenvalue weighted by Gasteiger charge is -2.26. The van der Waals surface area contributed by atoms with E-state index >= 15 is 0 Å². The van der Waals surface area contributed by atoms with Crippen LogP contribution in [0.2, 0.25) is 5.02 Å². The van der Waals surface area contributed by atoms with E-state index in [0.29, 0.717) is 16.5 Å². The van der Waals surface area contributed by atoms with Crippen LogP contribution in [0.25, 0.3) is 0 Å². The van der Waals surface area contributed by atoms with Crippen molar-refractivity contribution in [3.63, 3.8) is 0 Å².